The number of halogens is 1. The summed E-state index contributed by atoms with van der Waals surface area (Å²) in [6, 6.07) is 12.4. The van der Waals surface area contributed by atoms with E-state index in [0.717, 1.165) is 55.5 Å². The van der Waals surface area contributed by atoms with Gasteiger partial charge in [-0.1, -0.05) is 63.7 Å². The third-order valence-electron chi connectivity index (χ3n) is 7.81. The zero-order chi connectivity index (χ0) is 27.6. The molecule has 1 unspecified atom stereocenters. The van der Waals surface area contributed by atoms with Crippen LogP contribution in [0.25, 0.3) is 11.0 Å². The molecule has 0 bridgehead atoms. The van der Waals surface area contributed by atoms with Crippen molar-refractivity contribution in [3.63, 3.8) is 0 Å². The summed E-state index contributed by atoms with van der Waals surface area (Å²) in [5.74, 6) is 2.32. The molecule has 0 radical (unpaired) electrons. The lowest BCUT2D eigenvalue weighted by atomic mass is 9.83. The molecule has 1 saturated carbocycles. The van der Waals surface area contributed by atoms with Gasteiger partial charge in [-0.05, 0) is 68.7 Å². The van der Waals surface area contributed by atoms with Crippen molar-refractivity contribution in [2.24, 2.45) is 5.92 Å². The first-order chi connectivity index (χ1) is 19.0. The number of nitrogens with zero attached hydrogens (tertiary/aromatic N) is 1. The molecule has 2 aromatic carbocycles. The lowest BCUT2D eigenvalue weighted by Gasteiger charge is -2.31. The summed E-state index contributed by atoms with van der Waals surface area (Å²) in [5.41, 5.74) is 1.54. The van der Waals surface area contributed by atoms with Crippen molar-refractivity contribution in [1.29, 1.82) is 0 Å². The van der Waals surface area contributed by atoms with Crippen molar-refractivity contribution >= 4 is 16.9 Å². The van der Waals surface area contributed by atoms with Gasteiger partial charge in [0.2, 0.25) is 6.10 Å². The average Bonchev–Trinajstić information content (AvgIpc) is 3.37. The van der Waals surface area contributed by atoms with Gasteiger partial charge in [-0.2, -0.15) is 0 Å². The van der Waals surface area contributed by atoms with E-state index >= 15 is 0 Å². The van der Waals surface area contributed by atoms with Crippen molar-refractivity contribution in [2.75, 3.05) is 6.61 Å². The lowest BCUT2D eigenvalue weighted by molar-refractivity contribution is -0.131. The highest BCUT2D eigenvalue weighted by molar-refractivity contribution is 5.82. The molecule has 1 amide bonds. The highest BCUT2D eigenvalue weighted by Gasteiger charge is 2.30. The first-order valence-electron chi connectivity index (χ1n) is 14.8. The van der Waals surface area contributed by atoms with Gasteiger partial charge in [0.05, 0.1) is 5.69 Å². The Kier molecular flexibility index (Phi) is 10.6. The van der Waals surface area contributed by atoms with Crippen LogP contribution in [0.1, 0.15) is 96.6 Å². The molecule has 0 spiro atoms. The molecule has 1 aromatic heterocycles. The van der Waals surface area contributed by atoms with Crippen LogP contribution < -0.4 is 14.8 Å². The second-order valence-corrected chi connectivity index (χ2v) is 10.9. The molecule has 39 heavy (non-hydrogen) atoms. The Morgan fingerprint density at radius 2 is 1.72 bits per heavy atom. The Morgan fingerprint density at radius 1 is 1.00 bits per heavy atom. The molecule has 212 valence electrons. The summed E-state index contributed by atoms with van der Waals surface area (Å²) in [4.78, 5) is 12.4. The van der Waals surface area contributed by atoms with Crippen molar-refractivity contribution in [3.8, 4) is 11.5 Å². The number of aromatic nitrogens is 1. The predicted molar refractivity (Wildman–Crippen MR) is 152 cm³/mol. The fourth-order valence-electron chi connectivity index (χ4n) is 5.79. The normalized spacial score (nSPS) is 20.4. The Morgan fingerprint density at radius 3 is 2.41 bits per heavy atom. The van der Waals surface area contributed by atoms with E-state index in [1.54, 1.807) is 6.07 Å². The third-order valence-corrected chi connectivity index (χ3v) is 7.81. The zero-order valence-corrected chi connectivity index (χ0v) is 23.6. The molecule has 1 fully saturated rings. The number of benzene rings is 2. The molecular formula is C32H43FN2O4. The van der Waals surface area contributed by atoms with Crippen LogP contribution in [0.3, 0.4) is 0 Å². The van der Waals surface area contributed by atoms with Crippen molar-refractivity contribution in [1.82, 2.24) is 10.5 Å². The van der Waals surface area contributed by atoms with Crippen molar-refractivity contribution < 1.29 is 23.2 Å². The van der Waals surface area contributed by atoms with Gasteiger partial charge in [-0.25, -0.2) is 4.39 Å². The summed E-state index contributed by atoms with van der Waals surface area (Å²) < 4.78 is 29.6. The van der Waals surface area contributed by atoms with Crippen LogP contribution in [0, 0.1) is 11.7 Å². The maximum absolute atomic E-state index is 13.1. The minimum Gasteiger partial charge on any atom is -0.485 e. The van der Waals surface area contributed by atoms with E-state index in [9.17, 15) is 9.18 Å². The van der Waals surface area contributed by atoms with Gasteiger partial charge < -0.3 is 19.3 Å². The van der Waals surface area contributed by atoms with E-state index in [1.807, 2.05) is 24.3 Å². The summed E-state index contributed by atoms with van der Waals surface area (Å²) in [5, 5.41) is 8.23. The third kappa shape index (κ3) is 7.74. The largest absolute Gasteiger partial charge is 0.485 e. The first-order valence-corrected chi connectivity index (χ1v) is 14.8. The molecular weight excluding hydrogens is 495 g/mol. The van der Waals surface area contributed by atoms with Gasteiger partial charge in [0.1, 0.15) is 12.4 Å². The molecule has 2 heterocycles. The Hall–Kier alpha value is -3.09. The molecule has 5 rings (SSSR count). The number of amides is 1. The number of ether oxygens (including phenoxy) is 2. The van der Waals surface area contributed by atoms with Crippen molar-refractivity contribution in [3.05, 3.63) is 54.0 Å². The van der Waals surface area contributed by atoms with Crippen LogP contribution in [0.15, 0.2) is 47.0 Å². The van der Waals surface area contributed by atoms with Gasteiger partial charge in [0.25, 0.3) is 5.91 Å². The van der Waals surface area contributed by atoms with Crippen LogP contribution in [0.2, 0.25) is 0 Å². The number of carbonyl (C=O) groups excluding carboxylic acids is 1. The van der Waals surface area contributed by atoms with Crippen LogP contribution >= 0.6 is 0 Å². The number of nitrogens with one attached hydrogen (secondary N) is 1. The summed E-state index contributed by atoms with van der Waals surface area (Å²) >= 11 is 0. The van der Waals surface area contributed by atoms with E-state index in [4.69, 9.17) is 14.0 Å². The van der Waals surface area contributed by atoms with Crippen LogP contribution in [-0.4, -0.2) is 29.8 Å². The van der Waals surface area contributed by atoms with Gasteiger partial charge in [0.15, 0.2) is 17.1 Å². The smallest absolute Gasteiger partial charge is 0.264 e. The summed E-state index contributed by atoms with van der Waals surface area (Å²) in [6.07, 6.45) is 11.1. The standard InChI is InChI=1S/C18H25NO3.C14H18FNO/c1-2-5-13-8-10-14(11-9-13)19-18(20)17-12-21-15-6-3-4-7-16(15)22-17;1-3-5-10(6-4-2)14-12-8-7-11(15)9-13(12)17-16-14/h3-4,6-7,13-14,17H,2,5,8-12H2,1H3,(H,19,20);7-10H,3-6H2,1-2H3. The summed E-state index contributed by atoms with van der Waals surface area (Å²) in [6.45, 7) is 6.87. The molecule has 7 heteroatoms. The number of hydrogen-bond acceptors (Lipinski definition) is 5. The second kappa shape index (κ2) is 14.3. The average molecular weight is 539 g/mol. The molecule has 1 aliphatic carbocycles. The number of para-hydroxylation sites is 2. The molecule has 1 atom stereocenters. The van der Waals surface area contributed by atoms with Gasteiger partial charge in [-0.3, -0.25) is 4.79 Å². The summed E-state index contributed by atoms with van der Waals surface area (Å²) in [7, 11) is 0. The molecule has 1 N–H and O–H groups in total. The maximum Gasteiger partial charge on any atom is 0.264 e. The second-order valence-electron chi connectivity index (χ2n) is 10.9. The quantitative estimate of drug-likeness (QED) is 0.299. The predicted octanol–water partition coefficient (Wildman–Crippen LogP) is 7.95. The minimum absolute atomic E-state index is 0.0477. The van der Waals surface area contributed by atoms with E-state index < -0.39 is 6.10 Å². The highest BCUT2D eigenvalue weighted by atomic mass is 19.1. The van der Waals surface area contributed by atoms with E-state index in [1.165, 1.54) is 37.8 Å². The number of fused-ring (bicyclic) bond motifs is 2. The zero-order valence-electron chi connectivity index (χ0n) is 23.6. The molecule has 6 nitrogen and oxygen atoms in total. The maximum atomic E-state index is 13.1. The Bertz CT molecular complexity index is 1180. The highest BCUT2D eigenvalue weighted by Crippen LogP contribution is 2.33. The monoisotopic (exact) mass is 538 g/mol. The molecule has 1 aliphatic heterocycles. The lowest BCUT2D eigenvalue weighted by Crippen LogP contribution is -2.48. The first kappa shape index (κ1) is 28.9. The fourth-order valence-corrected chi connectivity index (χ4v) is 5.79. The van der Waals surface area contributed by atoms with Gasteiger partial charge >= 0.3 is 0 Å². The molecule has 3 aromatic rings. The SMILES string of the molecule is CCCC(CCC)c1noc2cc(F)ccc12.CCCC1CCC(NC(=O)C2COc3ccccc3O2)CC1. The van der Waals surface area contributed by atoms with Gasteiger partial charge in [-0.15, -0.1) is 0 Å². The topological polar surface area (TPSA) is 73.6 Å². The van der Waals surface area contributed by atoms with Gasteiger partial charge in [0, 0.05) is 23.4 Å². The van der Waals surface area contributed by atoms with Crippen molar-refractivity contribution in [2.45, 2.75) is 103 Å². The molecule has 2 aliphatic rings. The van der Waals surface area contributed by atoms with Crippen LogP contribution in [0.4, 0.5) is 4.39 Å². The number of rotatable bonds is 9. The van der Waals surface area contributed by atoms with E-state index in [0.29, 0.717) is 29.0 Å². The van der Waals surface area contributed by atoms with Crippen LogP contribution in [0.5, 0.6) is 11.5 Å². The van der Waals surface area contributed by atoms with E-state index in [2.05, 4.69) is 31.2 Å². The van der Waals surface area contributed by atoms with E-state index in [-0.39, 0.29) is 18.3 Å². The minimum atomic E-state index is -0.539. The number of hydrogen-bond donors (Lipinski definition) is 1. The number of carbonyl (C=O) groups is 1. The Balaban J connectivity index is 0.000000187. The molecule has 0 saturated heterocycles. The fraction of sp³-hybridized carbons (Fsp3) is 0.562. The Labute approximate surface area is 231 Å². The van der Waals surface area contributed by atoms with Crippen LogP contribution in [-0.2, 0) is 4.79 Å².